The molecule has 0 spiro atoms. The molecule has 2 nitrogen and oxygen atoms in total. The highest BCUT2D eigenvalue weighted by Crippen LogP contribution is 2.34. The normalized spacial score (nSPS) is 21.4. The van der Waals surface area contributed by atoms with E-state index >= 15 is 0 Å². The average Bonchev–Trinajstić information content (AvgIpc) is 2.12. The van der Waals surface area contributed by atoms with Crippen LogP contribution >= 0.6 is 15.9 Å². The van der Waals surface area contributed by atoms with Crippen LogP contribution in [-0.4, -0.2) is 10.8 Å². The van der Waals surface area contributed by atoms with E-state index in [-0.39, 0.29) is 10.6 Å². The molecule has 0 fully saturated rings. The van der Waals surface area contributed by atoms with Gasteiger partial charge in [-0.15, -0.1) is 0 Å². The van der Waals surface area contributed by atoms with Crippen LogP contribution in [0.1, 0.15) is 39.4 Å². The molecular weight excluding hydrogens is 230 g/mol. The van der Waals surface area contributed by atoms with E-state index in [0.717, 1.165) is 23.4 Å². The van der Waals surface area contributed by atoms with Crippen LogP contribution < -0.4 is 0 Å². The first-order valence-corrected chi connectivity index (χ1v) is 5.25. The standard InChI is InChI=1S/C10H10BrNO/c1-6-2-3-7-9(13)5-4-8(11)10(7)12-6/h2-3,8H,4-5H2,1H3. The zero-order valence-electron chi connectivity index (χ0n) is 7.38. The van der Waals surface area contributed by atoms with Crippen molar-refractivity contribution in [1.29, 1.82) is 0 Å². The molecule has 1 unspecified atom stereocenters. The number of Topliss-reactive ketones (excluding diaryl/α,β-unsaturated/α-hetero) is 1. The van der Waals surface area contributed by atoms with Crippen LogP contribution in [0, 0.1) is 6.92 Å². The summed E-state index contributed by atoms with van der Waals surface area (Å²) in [6.45, 7) is 1.94. The number of hydrogen-bond acceptors (Lipinski definition) is 2. The molecule has 0 radical (unpaired) electrons. The van der Waals surface area contributed by atoms with Gasteiger partial charge in [-0.25, -0.2) is 0 Å². The second-order valence-corrected chi connectivity index (χ2v) is 4.42. The lowest BCUT2D eigenvalue weighted by molar-refractivity contribution is 0.0971. The number of ketones is 1. The third-order valence-corrected chi connectivity index (χ3v) is 3.18. The summed E-state index contributed by atoms with van der Waals surface area (Å²) in [4.78, 5) is 16.1. The van der Waals surface area contributed by atoms with Crippen molar-refractivity contribution in [3.8, 4) is 0 Å². The van der Waals surface area contributed by atoms with Gasteiger partial charge in [-0.3, -0.25) is 9.78 Å². The molecular formula is C10H10BrNO. The smallest absolute Gasteiger partial charge is 0.164 e. The summed E-state index contributed by atoms with van der Waals surface area (Å²) >= 11 is 3.53. The zero-order chi connectivity index (χ0) is 9.42. The minimum atomic E-state index is 0.221. The number of halogens is 1. The second-order valence-electron chi connectivity index (χ2n) is 3.31. The number of fused-ring (bicyclic) bond motifs is 1. The van der Waals surface area contributed by atoms with E-state index in [4.69, 9.17) is 0 Å². The van der Waals surface area contributed by atoms with Gasteiger partial charge in [-0.05, 0) is 25.5 Å². The van der Waals surface area contributed by atoms with Crippen molar-refractivity contribution in [1.82, 2.24) is 4.98 Å². The van der Waals surface area contributed by atoms with E-state index in [1.165, 1.54) is 0 Å². The largest absolute Gasteiger partial charge is 0.294 e. The molecule has 0 bridgehead atoms. The lowest BCUT2D eigenvalue weighted by atomic mass is 9.94. The number of aromatic nitrogens is 1. The Kier molecular flexibility index (Phi) is 2.20. The van der Waals surface area contributed by atoms with Gasteiger partial charge in [-0.1, -0.05) is 15.9 Å². The number of carbonyl (C=O) groups excluding carboxylic acids is 1. The van der Waals surface area contributed by atoms with Crippen LogP contribution in [0.2, 0.25) is 0 Å². The summed E-state index contributed by atoms with van der Waals surface area (Å²) in [6.07, 6.45) is 1.50. The Morgan fingerprint density at radius 2 is 2.31 bits per heavy atom. The van der Waals surface area contributed by atoms with Crippen molar-refractivity contribution in [2.45, 2.75) is 24.6 Å². The summed E-state index contributed by atoms with van der Waals surface area (Å²) in [7, 11) is 0. The van der Waals surface area contributed by atoms with Gasteiger partial charge in [0, 0.05) is 17.7 Å². The Labute approximate surface area is 85.5 Å². The van der Waals surface area contributed by atoms with Crippen LogP contribution in [0.4, 0.5) is 0 Å². The monoisotopic (exact) mass is 239 g/mol. The summed E-state index contributed by atoms with van der Waals surface area (Å²) in [5.41, 5.74) is 2.67. The summed E-state index contributed by atoms with van der Waals surface area (Å²) < 4.78 is 0. The fraction of sp³-hybridized carbons (Fsp3) is 0.400. The lowest BCUT2D eigenvalue weighted by Gasteiger charge is -2.18. The molecule has 0 amide bonds. The van der Waals surface area contributed by atoms with E-state index in [1.54, 1.807) is 0 Å². The number of rotatable bonds is 0. The van der Waals surface area contributed by atoms with Crippen molar-refractivity contribution in [2.24, 2.45) is 0 Å². The van der Waals surface area contributed by atoms with Gasteiger partial charge in [0.15, 0.2) is 5.78 Å². The highest BCUT2D eigenvalue weighted by molar-refractivity contribution is 9.09. The minimum absolute atomic E-state index is 0.221. The second kappa shape index (κ2) is 3.22. The first-order valence-electron chi connectivity index (χ1n) is 4.33. The number of nitrogens with zero attached hydrogens (tertiary/aromatic N) is 1. The predicted octanol–water partition coefficient (Wildman–Crippen LogP) is 2.80. The molecule has 1 atom stereocenters. The first-order chi connectivity index (χ1) is 6.18. The van der Waals surface area contributed by atoms with E-state index < -0.39 is 0 Å². The fourth-order valence-corrected chi connectivity index (χ4v) is 2.16. The molecule has 0 saturated heterocycles. The molecule has 1 aliphatic rings. The Balaban J connectivity index is 2.57. The Morgan fingerprint density at radius 3 is 3.08 bits per heavy atom. The van der Waals surface area contributed by atoms with E-state index in [0.29, 0.717) is 6.42 Å². The van der Waals surface area contributed by atoms with Crippen molar-refractivity contribution >= 4 is 21.7 Å². The molecule has 1 aromatic heterocycles. The maximum Gasteiger partial charge on any atom is 0.164 e. The summed E-state index contributed by atoms with van der Waals surface area (Å²) in [5, 5.41) is 0. The molecule has 1 aliphatic carbocycles. The van der Waals surface area contributed by atoms with Gasteiger partial charge in [0.05, 0.1) is 10.5 Å². The van der Waals surface area contributed by atoms with E-state index in [9.17, 15) is 4.79 Å². The van der Waals surface area contributed by atoms with Crippen LogP contribution in [0.5, 0.6) is 0 Å². The van der Waals surface area contributed by atoms with Crippen LogP contribution in [0.15, 0.2) is 12.1 Å². The number of carbonyl (C=O) groups is 1. The predicted molar refractivity (Wildman–Crippen MR) is 54.2 cm³/mol. The quantitative estimate of drug-likeness (QED) is 0.652. The van der Waals surface area contributed by atoms with Crippen molar-refractivity contribution in [3.05, 3.63) is 29.1 Å². The molecule has 1 aromatic rings. The lowest BCUT2D eigenvalue weighted by Crippen LogP contribution is -2.14. The Bertz CT molecular complexity index is 362. The molecule has 0 aromatic carbocycles. The molecule has 68 valence electrons. The maximum atomic E-state index is 11.5. The molecule has 2 rings (SSSR count). The zero-order valence-corrected chi connectivity index (χ0v) is 8.97. The first kappa shape index (κ1) is 8.88. The van der Waals surface area contributed by atoms with E-state index in [2.05, 4.69) is 20.9 Å². The van der Waals surface area contributed by atoms with Crippen molar-refractivity contribution < 1.29 is 4.79 Å². The van der Waals surface area contributed by atoms with Crippen LogP contribution in [0.3, 0.4) is 0 Å². The van der Waals surface area contributed by atoms with Crippen LogP contribution in [-0.2, 0) is 0 Å². The molecule has 0 N–H and O–H groups in total. The molecule has 0 aliphatic heterocycles. The maximum absolute atomic E-state index is 11.5. The Morgan fingerprint density at radius 1 is 1.54 bits per heavy atom. The molecule has 3 heteroatoms. The SMILES string of the molecule is Cc1ccc2c(n1)C(Br)CCC2=O. The van der Waals surface area contributed by atoms with E-state index in [1.807, 2.05) is 19.1 Å². The topological polar surface area (TPSA) is 30.0 Å². The van der Waals surface area contributed by atoms with Gasteiger partial charge in [0.25, 0.3) is 0 Å². The number of pyridine rings is 1. The third kappa shape index (κ3) is 1.53. The number of alkyl halides is 1. The minimum Gasteiger partial charge on any atom is -0.294 e. The fourth-order valence-electron chi connectivity index (χ4n) is 1.58. The molecule has 13 heavy (non-hydrogen) atoms. The number of aryl methyl sites for hydroxylation is 1. The van der Waals surface area contributed by atoms with Gasteiger partial charge in [0.1, 0.15) is 0 Å². The van der Waals surface area contributed by atoms with Gasteiger partial charge in [0.2, 0.25) is 0 Å². The average molecular weight is 240 g/mol. The number of hydrogen-bond donors (Lipinski definition) is 0. The van der Waals surface area contributed by atoms with Gasteiger partial charge in [-0.2, -0.15) is 0 Å². The third-order valence-electron chi connectivity index (χ3n) is 2.29. The van der Waals surface area contributed by atoms with Gasteiger partial charge >= 0.3 is 0 Å². The van der Waals surface area contributed by atoms with Gasteiger partial charge < -0.3 is 0 Å². The summed E-state index contributed by atoms with van der Waals surface area (Å²) in [6, 6.07) is 3.77. The Hall–Kier alpha value is -0.700. The molecule has 1 heterocycles. The van der Waals surface area contributed by atoms with Crippen LogP contribution in [0.25, 0.3) is 0 Å². The van der Waals surface area contributed by atoms with Crippen molar-refractivity contribution in [2.75, 3.05) is 0 Å². The van der Waals surface area contributed by atoms with Crippen molar-refractivity contribution in [3.63, 3.8) is 0 Å². The molecule has 0 saturated carbocycles. The summed E-state index contributed by atoms with van der Waals surface area (Å²) in [5.74, 6) is 0.221. The highest BCUT2D eigenvalue weighted by atomic mass is 79.9. The highest BCUT2D eigenvalue weighted by Gasteiger charge is 2.24.